The van der Waals surface area contributed by atoms with E-state index in [0.717, 1.165) is 33.1 Å². The fourth-order valence-corrected chi connectivity index (χ4v) is 3.96. The molecule has 9 nitrogen and oxygen atoms in total. The van der Waals surface area contributed by atoms with Crippen molar-refractivity contribution in [1.82, 2.24) is 14.8 Å². The molecular formula is C26H25N5O4. The van der Waals surface area contributed by atoms with Crippen molar-refractivity contribution >= 4 is 35.5 Å². The van der Waals surface area contributed by atoms with Gasteiger partial charge in [-0.1, -0.05) is 17.7 Å². The Morgan fingerprint density at radius 2 is 1.66 bits per heavy atom. The molecule has 0 spiro atoms. The number of nitrogens with zero attached hydrogens (tertiary/aromatic N) is 2. The zero-order chi connectivity index (χ0) is 25.3. The van der Waals surface area contributed by atoms with Gasteiger partial charge in [0.05, 0.1) is 0 Å². The third-order valence-corrected chi connectivity index (χ3v) is 5.78. The van der Waals surface area contributed by atoms with Crippen LogP contribution in [0.15, 0.2) is 60.3 Å². The summed E-state index contributed by atoms with van der Waals surface area (Å²) in [5.74, 6) is -1.56. The first kappa shape index (κ1) is 23.5. The number of amides is 5. The van der Waals surface area contributed by atoms with E-state index in [-0.39, 0.29) is 5.70 Å². The fraction of sp³-hybridized carbons (Fsp3) is 0.154. The lowest BCUT2D eigenvalue weighted by Gasteiger charge is -2.12. The second kappa shape index (κ2) is 9.30. The molecule has 1 saturated heterocycles. The minimum Gasteiger partial charge on any atom is -0.366 e. The highest BCUT2D eigenvalue weighted by Crippen LogP contribution is 2.24. The largest absolute Gasteiger partial charge is 0.366 e. The molecule has 4 rings (SSSR count). The molecule has 0 radical (unpaired) electrons. The van der Waals surface area contributed by atoms with E-state index >= 15 is 0 Å². The van der Waals surface area contributed by atoms with Crippen molar-refractivity contribution in [3.63, 3.8) is 0 Å². The molecule has 0 aliphatic carbocycles. The van der Waals surface area contributed by atoms with Crippen LogP contribution in [0.25, 0.3) is 11.8 Å². The molecule has 5 amide bonds. The zero-order valence-corrected chi connectivity index (χ0v) is 19.6. The van der Waals surface area contributed by atoms with E-state index in [4.69, 9.17) is 5.73 Å². The Morgan fingerprint density at radius 3 is 2.29 bits per heavy atom. The first-order valence-electron chi connectivity index (χ1n) is 10.9. The van der Waals surface area contributed by atoms with E-state index in [1.54, 1.807) is 42.5 Å². The van der Waals surface area contributed by atoms with E-state index in [2.05, 4.69) is 10.6 Å². The highest BCUT2D eigenvalue weighted by atomic mass is 16.2. The summed E-state index contributed by atoms with van der Waals surface area (Å²) in [7, 11) is 0. The van der Waals surface area contributed by atoms with Gasteiger partial charge in [0.1, 0.15) is 12.2 Å². The summed E-state index contributed by atoms with van der Waals surface area (Å²) >= 11 is 0. The number of hydrogen-bond acceptors (Lipinski definition) is 4. The number of aromatic nitrogens is 1. The molecule has 9 heteroatoms. The molecule has 4 N–H and O–H groups in total. The summed E-state index contributed by atoms with van der Waals surface area (Å²) in [6, 6.07) is 15.3. The van der Waals surface area contributed by atoms with E-state index in [9.17, 15) is 19.2 Å². The molecule has 0 atom stereocenters. The van der Waals surface area contributed by atoms with E-state index < -0.39 is 30.3 Å². The molecule has 2 aromatic carbocycles. The highest BCUT2D eigenvalue weighted by molar-refractivity contribution is 6.16. The number of rotatable bonds is 6. The average molecular weight is 472 g/mol. The summed E-state index contributed by atoms with van der Waals surface area (Å²) in [5.41, 5.74) is 10.7. The molecule has 178 valence electrons. The van der Waals surface area contributed by atoms with Gasteiger partial charge in [0.25, 0.3) is 5.91 Å². The van der Waals surface area contributed by atoms with Crippen LogP contribution >= 0.6 is 0 Å². The number of nitrogens with one attached hydrogen (secondary N) is 2. The van der Waals surface area contributed by atoms with Crippen LogP contribution in [0.1, 0.15) is 32.9 Å². The maximum absolute atomic E-state index is 12.9. The number of carbonyl (C=O) groups excluding carboxylic acids is 4. The molecule has 1 aliphatic rings. The quantitative estimate of drug-likeness (QED) is 0.377. The number of anilines is 1. The lowest BCUT2D eigenvalue weighted by molar-refractivity contribution is -0.127. The van der Waals surface area contributed by atoms with Crippen LogP contribution < -0.4 is 16.4 Å². The van der Waals surface area contributed by atoms with Crippen LogP contribution in [-0.4, -0.2) is 39.8 Å². The third-order valence-electron chi connectivity index (χ3n) is 5.78. The number of primary amides is 1. The third kappa shape index (κ3) is 4.84. The number of imide groups is 1. The van der Waals surface area contributed by atoms with Crippen molar-refractivity contribution in [2.75, 3.05) is 11.9 Å². The fourth-order valence-electron chi connectivity index (χ4n) is 3.96. The molecular weight excluding hydrogens is 446 g/mol. The van der Waals surface area contributed by atoms with Gasteiger partial charge in [0.2, 0.25) is 11.8 Å². The second-order valence-corrected chi connectivity index (χ2v) is 8.37. The minimum atomic E-state index is -0.656. The number of carbonyl (C=O) groups is 4. The van der Waals surface area contributed by atoms with Crippen LogP contribution in [0, 0.1) is 20.8 Å². The second-order valence-electron chi connectivity index (χ2n) is 8.37. The maximum atomic E-state index is 12.9. The van der Waals surface area contributed by atoms with E-state index in [1.807, 2.05) is 43.5 Å². The van der Waals surface area contributed by atoms with Crippen molar-refractivity contribution in [2.24, 2.45) is 5.73 Å². The standard InChI is InChI=1S/C26H25N5O4/c1-15-4-8-20(9-5-15)28-23(32)14-30-25(34)22(29-26(30)35)13-19-12-16(2)31(17(19)3)21-10-6-18(7-11-21)24(27)33/h4-13H,14H2,1-3H3,(H2,27,33)(H,28,32)(H,29,35)/b22-13+. The number of nitrogens with two attached hydrogens (primary N) is 1. The Labute approximate surface area is 202 Å². The Hall–Kier alpha value is -4.66. The van der Waals surface area contributed by atoms with Crippen molar-refractivity contribution < 1.29 is 19.2 Å². The van der Waals surface area contributed by atoms with Gasteiger partial charge < -0.3 is 20.9 Å². The van der Waals surface area contributed by atoms with Crippen molar-refractivity contribution in [3.8, 4) is 5.69 Å². The Balaban J connectivity index is 1.52. The van der Waals surface area contributed by atoms with Gasteiger partial charge in [0.15, 0.2) is 0 Å². The molecule has 0 bridgehead atoms. The van der Waals surface area contributed by atoms with Gasteiger partial charge in [0, 0.05) is 28.3 Å². The first-order valence-corrected chi connectivity index (χ1v) is 10.9. The summed E-state index contributed by atoms with van der Waals surface area (Å²) in [4.78, 5) is 49.9. The summed E-state index contributed by atoms with van der Waals surface area (Å²) in [6.07, 6.45) is 1.59. The maximum Gasteiger partial charge on any atom is 0.329 e. The van der Waals surface area contributed by atoms with Gasteiger partial charge in [-0.2, -0.15) is 0 Å². The van der Waals surface area contributed by atoms with Crippen LogP contribution in [0.3, 0.4) is 0 Å². The van der Waals surface area contributed by atoms with E-state index in [0.29, 0.717) is 11.3 Å². The molecule has 1 aliphatic heterocycles. The molecule has 3 aromatic rings. The SMILES string of the molecule is Cc1ccc(NC(=O)CN2C(=O)N/C(=C/c3cc(C)n(-c4ccc(C(N)=O)cc4)c3C)C2=O)cc1. The summed E-state index contributed by atoms with van der Waals surface area (Å²) < 4.78 is 1.96. The molecule has 0 saturated carbocycles. The van der Waals surface area contributed by atoms with Gasteiger partial charge in [-0.15, -0.1) is 0 Å². The Kier molecular flexibility index (Phi) is 6.24. The number of aryl methyl sites for hydroxylation is 2. The number of hydrogen-bond donors (Lipinski definition) is 3. The van der Waals surface area contributed by atoms with Crippen LogP contribution in [0.4, 0.5) is 10.5 Å². The van der Waals surface area contributed by atoms with E-state index in [1.165, 1.54) is 0 Å². The molecule has 35 heavy (non-hydrogen) atoms. The normalized spacial score (nSPS) is 14.4. The predicted octanol–water partition coefficient (Wildman–Crippen LogP) is 3.03. The smallest absolute Gasteiger partial charge is 0.329 e. The number of urea groups is 1. The Bertz CT molecular complexity index is 1370. The van der Waals surface area contributed by atoms with Crippen molar-refractivity contribution in [3.05, 3.63) is 88.4 Å². The minimum absolute atomic E-state index is 0.0856. The van der Waals surface area contributed by atoms with Crippen molar-refractivity contribution in [2.45, 2.75) is 20.8 Å². The molecule has 1 fully saturated rings. The topological polar surface area (TPSA) is 127 Å². The number of benzene rings is 2. The van der Waals surface area contributed by atoms with Gasteiger partial charge in [-0.05, 0) is 74.9 Å². The van der Waals surface area contributed by atoms with Crippen molar-refractivity contribution in [1.29, 1.82) is 0 Å². The highest BCUT2D eigenvalue weighted by Gasteiger charge is 2.35. The Morgan fingerprint density at radius 1 is 1.00 bits per heavy atom. The average Bonchev–Trinajstić information content (AvgIpc) is 3.24. The van der Waals surface area contributed by atoms with Crippen LogP contribution in [0.2, 0.25) is 0 Å². The molecule has 1 aromatic heterocycles. The van der Waals surface area contributed by atoms with Crippen LogP contribution in [0.5, 0.6) is 0 Å². The van der Waals surface area contributed by atoms with Crippen LogP contribution in [-0.2, 0) is 9.59 Å². The van der Waals surface area contributed by atoms with Gasteiger partial charge >= 0.3 is 6.03 Å². The monoisotopic (exact) mass is 471 g/mol. The summed E-state index contributed by atoms with van der Waals surface area (Å²) in [5, 5.41) is 5.24. The predicted molar refractivity (Wildman–Crippen MR) is 132 cm³/mol. The van der Waals surface area contributed by atoms with Gasteiger partial charge in [-0.3, -0.25) is 14.4 Å². The zero-order valence-electron chi connectivity index (χ0n) is 19.6. The lowest BCUT2D eigenvalue weighted by atomic mass is 10.2. The first-order chi connectivity index (χ1) is 16.6. The molecule has 0 unspecified atom stereocenters. The molecule has 2 heterocycles. The summed E-state index contributed by atoms with van der Waals surface area (Å²) in [6.45, 7) is 5.33. The lowest BCUT2D eigenvalue weighted by Crippen LogP contribution is -2.38. The van der Waals surface area contributed by atoms with Gasteiger partial charge in [-0.25, -0.2) is 9.69 Å².